The summed E-state index contributed by atoms with van der Waals surface area (Å²) in [6.45, 7) is 2.79. The first-order valence-electron chi connectivity index (χ1n) is 12.0. The molecule has 1 unspecified atom stereocenters. The van der Waals surface area contributed by atoms with Crippen LogP contribution in [0.2, 0.25) is 0 Å². The van der Waals surface area contributed by atoms with E-state index in [2.05, 4.69) is 12.2 Å². The van der Waals surface area contributed by atoms with Gasteiger partial charge in [0.2, 0.25) is 11.8 Å². The van der Waals surface area contributed by atoms with E-state index in [0.29, 0.717) is 24.3 Å². The van der Waals surface area contributed by atoms with Crippen molar-refractivity contribution < 1.29 is 18.7 Å². The third kappa shape index (κ3) is 7.67. The van der Waals surface area contributed by atoms with Gasteiger partial charge >= 0.3 is 0 Å². The number of carbonyl (C=O) groups excluding carboxylic acids is 2. The SMILES string of the molecule is CCCCNC(=O)C(Cc1ccccc1)N(Cc1cccc(OC)c1)C(=O)Cc1ccccc1F. The van der Waals surface area contributed by atoms with E-state index < -0.39 is 11.9 Å². The largest absolute Gasteiger partial charge is 0.497 e. The van der Waals surface area contributed by atoms with Gasteiger partial charge in [0, 0.05) is 19.5 Å². The molecule has 2 amide bonds. The average molecular weight is 477 g/mol. The molecule has 3 aromatic carbocycles. The van der Waals surface area contributed by atoms with E-state index in [1.807, 2.05) is 54.6 Å². The fraction of sp³-hybridized carbons (Fsp3) is 0.310. The van der Waals surface area contributed by atoms with Gasteiger partial charge in [-0.15, -0.1) is 0 Å². The van der Waals surface area contributed by atoms with Crippen molar-refractivity contribution in [1.82, 2.24) is 10.2 Å². The predicted octanol–water partition coefficient (Wildman–Crippen LogP) is 4.93. The monoisotopic (exact) mass is 476 g/mol. The maximum atomic E-state index is 14.4. The van der Waals surface area contributed by atoms with Crippen molar-refractivity contribution in [3.63, 3.8) is 0 Å². The maximum absolute atomic E-state index is 14.4. The predicted molar refractivity (Wildman–Crippen MR) is 135 cm³/mol. The van der Waals surface area contributed by atoms with Crippen LogP contribution >= 0.6 is 0 Å². The summed E-state index contributed by atoms with van der Waals surface area (Å²) in [6, 6.07) is 22.5. The molecule has 3 rings (SSSR count). The molecule has 0 spiro atoms. The number of benzene rings is 3. The molecule has 3 aromatic rings. The Hall–Kier alpha value is -3.67. The van der Waals surface area contributed by atoms with Crippen molar-refractivity contribution >= 4 is 11.8 Å². The number of hydrogen-bond donors (Lipinski definition) is 1. The molecule has 0 aliphatic carbocycles. The standard InChI is InChI=1S/C29H33FN2O3/c1-3-4-17-31-29(34)27(19-22-11-6-5-7-12-22)32(21-23-13-10-15-25(18-23)35-2)28(33)20-24-14-8-9-16-26(24)30/h5-16,18,27H,3-4,17,19-21H2,1-2H3,(H,31,34). The summed E-state index contributed by atoms with van der Waals surface area (Å²) < 4.78 is 19.7. The zero-order valence-electron chi connectivity index (χ0n) is 20.4. The van der Waals surface area contributed by atoms with E-state index in [9.17, 15) is 14.0 Å². The number of ether oxygens (including phenoxy) is 1. The van der Waals surface area contributed by atoms with E-state index in [-0.39, 0.29) is 24.8 Å². The Bertz CT molecular complexity index is 1100. The van der Waals surface area contributed by atoms with Crippen molar-refractivity contribution in [3.8, 4) is 5.75 Å². The molecular formula is C29H33FN2O3. The van der Waals surface area contributed by atoms with Crippen LogP contribution in [0.1, 0.15) is 36.5 Å². The highest BCUT2D eigenvalue weighted by Gasteiger charge is 2.30. The van der Waals surface area contributed by atoms with E-state index in [4.69, 9.17) is 4.74 Å². The van der Waals surface area contributed by atoms with Gasteiger partial charge in [-0.3, -0.25) is 9.59 Å². The summed E-state index contributed by atoms with van der Waals surface area (Å²) in [4.78, 5) is 28.6. The molecular weight excluding hydrogens is 443 g/mol. The first kappa shape index (κ1) is 25.9. The summed E-state index contributed by atoms with van der Waals surface area (Å²) >= 11 is 0. The van der Waals surface area contributed by atoms with Crippen LogP contribution in [-0.4, -0.2) is 36.4 Å². The molecule has 0 fully saturated rings. The van der Waals surface area contributed by atoms with Gasteiger partial charge in [0.05, 0.1) is 13.5 Å². The van der Waals surface area contributed by atoms with Crippen molar-refractivity contribution in [3.05, 3.63) is 101 Å². The third-order valence-electron chi connectivity index (χ3n) is 5.89. The van der Waals surface area contributed by atoms with Crippen LogP contribution in [0.15, 0.2) is 78.9 Å². The molecule has 0 aliphatic rings. The molecule has 1 atom stereocenters. The lowest BCUT2D eigenvalue weighted by Crippen LogP contribution is -2.51. The molecule has 0 radical (unpaired) electrons. The number of carbonyl (C=O) groups is 2. The van der Waals surface area contributed by atoms with Crippen LogP contribution in [0.3, 0.4) is 0 Å². The molecule has 0 aromatic heterocycles. The Labute approximate surface area is 206 Å². The normalized spacial score (nSPS) is 11.5. The highest BCUT2D eigenvalue weighted by atomic mass is 19.1. The van der Waals surface area contributed by atoms with Gasteiger partial charge in [-0.05, 0) is 41.3 Å². The van der Waals surface area contributed by atoms with Crippen LogP contribution < -0.4 is 10.1 Å². The van der Waals surface area contributed by atoms with Gasteiger partial charge in [-0.1, -0.05) is 74.0 Å². The molecule has 0 saturated heterocycles. The number of amides is 2. The summed E-state index contributed by atoms with van der Waals surface area (Å²) in [7, 11) is 1.58. The lowest BCUT2D eigenvalue weighted by Gasteiger charge is -2.32. The Kier molecular flexibility index (Phi) is 9.84. The summed E-state index contributed by atoms with van der Waals surface area (Å²) in [5.74, 6) is -0.304. The third-order valence-corrected chi connectivity index (χ3v) is 5.89. The molecule has 35 heavy (non-hydrogen) atoms. The Balaban J connectivity index is 1.96. The molecule has 0 aliphatic heterocycles. The van der Waals surface area contributed by atoms with Gasteiger partial charge in [-0.2, -0.15) is 0 Å². The fourth-order valence-electron chi connectivity index (χ4n) is 3.93. The highest BCUT2D eigenvalue weighted by molar-refractivity contribution is 5.88. The minimum absolute atomic E-state index is 0.135. The minimum atomic E-state index is -0.750. The number of nitrogens with one attached hydrogen (secondary N) is 1. The van der Waals surface area contributed by atoms with E-state index in [1.165, 1.54) is 6.07 Å². The van der Waals surface area contributed by atoms with Crippen molar-refractivity contribution in [2.75, 3.05) is 13.7 Å². The molecule has 6 heteroatoms. The minimum Gasteiger partial charge on any atom is -0.497 e. The van der Waals surface area contributed by atoms with E-state index in [1.54, 1.807) is 30.2 Å². The number of methoxy groups -OCH3 is 1. The van der Waals surface area contributed by atoms with Gasteiger partial charge < -0.3 is 15.0 Å². The summed E-state index contributed by atoms with van der Waals surface area (Å²) in [5.41, 5.74) is 2.07. The van der Waals surface area contributed by atoms with Gasteiger partial charge in [0.25, 0.3) is 0 Å². The maximum Gasteiger partial charge on any atom is 0.243 e. The van der Waals surface area contributed by atoms with Crippen LogP contribution in [0.4, 0.5) is 4.39 Å². The van der Waals surface area contributed by atoms with Gasteiger partial charge in [0.1, 0.15) is 17.6 Å². The first-order valence-corrected chi connectivity index (χ1v) is 12.0. The van der Waals surface area contributed by atoms with Crippen molar-refractivity contribution in [1.29, 1.82) is 0 Å². The van der Waals surface area contributed by atoms with Crippen LogP contribution in [-0.2, 0) is 29.0 Å². The van der Waals surface area contributed by atoms with Crippen molar-refractivity contribution in [2.24, 2.45) is 0 Å². The van der Waals surface area contributed by atoms with Crippen LogP contribution in [0.5, 0.6) is 5.75 Å². The van der Waals surface area contributed by atoms with Gasteiger partial charge in [0.15, 0.2) is 0 Å². The first-order chi connectivity index (χ1) is 17.0. The van der Waals surface area contributed by atoms with E-state index in [0.717, 1.165) is 24.0 Å². The second-order valence-corrected chi connectivity index (χ2v) is 8.49. The van der Waals surface area contributed by atoms with Crippen LogP contribution in [0.25, 0.3) is 0 Å². The topological polar surface area (TPSA) is 58.6 Å². The molecule has 1 N–H and O–H groups in total. The Morgan fingerprint density at radius 1 is 0.971 bits per heavy atom. The number of halogens is 1. The smallest absolute Gasteiger partial charge is 0.243 e. The second kappa shape index (κ2) is 13.3. The molecule has 0 saturated carbocycles. The number of hydrogen-bond acceptors (Lipinski definition) is 3. The molecule has 184 valence electrons. The summed E-state index contributed by atoms with van der Waals surface area (Å²) in [6.07, 6.45) is 2.02. The second-order valence-electron chi connectivity index (χ2n) is 8.49. The zero-order valence-corrected chi connectivity index (χ0v) is 20.4. The lowest BCUT2D eigenvalue weighted by molar-refractivity contribution is -0.140. The Morgan fingerprint density at radius 3 is 2.40 bits per heavy atom. The molecule has 0 bridgehead atoms. The summed E-state index contributed by atoms with van der Waals surface area (Å²) in [5, 5.41) is 2.99. The highest BCUT2D eigenvalue weighted by Crippen LogP contribution is 2.20. The number of rotatable bonds is 12. The van der Waals surface area contributed by atoms with Crippen molar-refractivity contribution in [2.45, 2.75) is 45.2 Å². The fourth-order valence-corrected chi connectivity index (χ4v) is 3.93. The molecule has 5 nitrogen and oxygen atoms in total. The Morgan fingerprint density at radius 2 is 1.69 bits per heavy atom. The zero-order chi connectivity index (χ0) is 25.0. The molecule has 0 heterocycles. The van der Waals surface area contributed by atoms with Crippen LogP contribution in [0, 0.1) is 5.82 Å². The van der Waals surface area contributed by atoms with E-state index >= 15 is 0 Å². The number of unbranched alkanes of at least 4 members (excludes halogenated alkanes) is 1. The number of nitrogens with zero attached hydrogens (tertiary/aromatic N) is 1. The lowest BCUT2D eigenvalue weighted by atomic mass is 10.0. The average Bonchev–Trinajstić information content (AvgIpc) is 2.88. The quantitative estimate of drug-likeness (QED) is 0.377. The van der Waals surface area contributed by atoms with Gasteiger partial charge in [-0.25, -0.2) is 4.39 Å².